The van der Waals surface area contributed by atoms with Crippen LogP contribution < -0.4 is 11.1 Å². The lowest BCUT2D eigenvalue weighted by Crippen LogP contribution is -2.56. The maximum absolute atomic E-state index is 13.1. The van der Waals surface area contributed by atoms with Gasteiger partial charge in [-0.05, 0) is 30.0 Å². The van der Waals surface area contributed by atoms with E-state index in [0.29, 0.717) is 6.42 Å². The molecule has 0 radical (unpaired) electrons. The Kier molecular flexibility index (Phi) is 7.07. The summed E-state index contributed by atoms with van der Waals surface area (Å²) in [6.45, 7) is 5.88. The van der Waals surface area contributed by atoms with Gasteiger partial charge in [0, 0.05) is 6.42 Å². The standard InChI is InChI=1S/C24H27N3O4/c1-16(2)12-20(22(25)28)26-23(29)21-13-18-10-6-7-11-19(18)14-27(21)24(30)31-15-17-8-4-3-5-9-17/h3-11,20-21H,1,12-15H2,2H3,(H2,25,28)(H,26,29)/t20-,21+/m1/s1. The summed E-state index contributed by atoms with van der Waals surface area (Å²) in [7, 11) is 0. The zero-order valence-electron chi connectivity index (χ0n) is 17.5. The van der Waals surface area contributed by atoms with Gasteiger partial charge in [-0.1, -0.05) is 60.2 Å². The Morgan fingerprint density at radius 2 is 1.77 bits per heavy atom. The molecule has 31 heavy (non-hydrogen) atoms. The maximum atomic E-state index is 13.1. The zero-order chi connectivity index (χ0) is 22.4. The number of primary amides is 1. The van der Waals surface area contributed by atoms with Gasteiger partial charge in [-0.2, -0.15) is 0 Å². The Balaban J connectivity index is 1.78. The fourth-order valence-corrected chi connectivity index (χ4v) is 3.59. The number of nitrogens with zero attached hydrogens (tertiary/aromatic N) is 1. The Morgan fingerprint density at radius 1 is 1.13 bits per heavy atom. The lowest BCUT2D eigenvalue weighted by Gasteiger charge is -2.35. The molecule has 2 atom stereocenters. The van der Waals surface area contributed by atoms with E-state index in [-0.39, 0.29) is 19.6 Å². The third kappa shape index (κ3) is 5.72. The van der Waals surface area contributed by atoms with Crippen LogP contribution in [0.1, 0.15) is 30.0 Å². The summed E-state index contributed by atoms with van der Waals surface area (Å²) >= 11 is 0. The van der Waals surface area contributed by atoms with Crippen LogP contribution in [0.3, 0.4) is 0 Å². The Hall–Kier alpha value is -3.61. The number of carbonyl (C=O) groups excluding carboxylic acids is 3. The molecule has 1 heterocycles. The Morgan fingerprint density at radius 3 is 2.42 bits per heavy atom. The normalized spacial score (nSPS) is 16.0. The van der Waals surface area contributed by atoms with E-state index in [1.165, 1.54) is 4.90 Å². The largest absolute Gasteiger partial charge is 0.445 e. The predicted molar refractivity (Wildman–Crippen MR) is 117 cm³/mol. The highest BCUT2D eigenvalue weighted by Crippen LogP contribution is 2.25. The van der Waals surface area contributed by atoms with Crippen LogP contribution in [0.25, 0.3) is 0 Å². The number of carbonyl (C=O) groups is 3. The molecule has 0 aliphatic carbocycles. The Bertz CT molecular complexity index is 974. The Labute approximate surface area is 181 Å². The van der Waals surface area contributed by atoms with Crippen LogP contribution in [0.4, 0.5) is 4.79 Å². The van der Waals surface area contributed by atoms with Crippen molar-refractivity contribution in [1.29, 1.82) is 0 Å². The second kappa shape index (κ2) is 9.93. The monoisotopic (exact) mass is 421 g/mol. The molecule has 2 aromatic rings. The fourth-order valence-electron chi connectivity index (χ4n) is 3.59. The molecule has 0 spiro atoms. The molecule has 0 bridgehead atoms. The second-order valence-corrected chi connectivity index (χ2v) is 7.78. The van der Waals surface area contributed by atoms with Crippen molar-refractivity contribution < 1.29 is 19.1 Å². The average Bonchev–Trinajstić information content (AvgIpc) is 2.76. The molecular formula is C24H27N3O4. The van der Waals surface area contributed by atoms with Gasteiger partial charge in [0.1, 0.15) is 18.7 Å². The molecule has 0 saturated heterocycles. The van der Waals surface area contributed by atoms with Crippen molar-refractivity contribution in [2.75, 3.05) is 0 Å². The number of ether oxygens (including phenoxy) is 1. The first kappa shape index (κ1) is 22.1. The van der Waals surface area contributed by atoms with Gasteiger partial charge in [-0.3, -0.25) is 14.5 Å². The van der Waals surface area contributed by atoms with Crippen LogP contribution in [0, 0.1) is 0 Å². The number of benzene rings is 2. The number of hydrogen-bond donors (Lipinski definition) is 2. The van der Waals surface area contributed by atoms with Crippen LogP contribution in [0.2, 0.25) is 0 Å². The third-order valence-corrected chi connectivity index (χ3v) is 5.20. The van der Waals surface area contributed by atoms with Crippen molar-refractivity contribution in [3.05, 3.63) is 83.4 Å². The lowest BCUT2D eigenvalue weighted by molar-refractivity contribution is -0.131. The molecule has 7 nitrogen and oxygen atoms in total. The van der Waals surface area contributed by atoms with Crippen molar-refractivity contribution in [2.45, 2.75) is 45.0 Å². The van der Waals surface area contributed by atoms with Crippen LogP contribution in [0.15, 0.2) is 66.7 Å². The van der Waals surface area contributed by atoms with Gasteiger partial charge in [-0.15, -0.1) is 6.58 Å². The molecule has 1 aliphatic heterocycles. The first-order valence-corrected chi connectivity index (χ1v) is 10.1. The molecule has 3 rings (SSSR count). The van der Waals surface area contributed by atoms with Gasteiger partial charge in [0.25, 0.3) is 0 Å². The lowest BCUT2D eigenvalue weighted by atomic mass is 9.93. The minimum atomic E-state index is -0.885. The molecule has 7 heteroatoms. The summed E-state index contributed by atoms with van der Waals surface area (Å²) < 4.78 is 5.48. The van der Waals surface area contributed by atoms with Crippen LogP contribution in [-0.2, 0) is 33.9 Å². The van der Waals surface area contributed by atoms with E-state index in [1.54, 1.807) is 6.92 Å². The van der Waals surface area contributed by atoms with Crippen molar-refractivity contribution in [3.63, 3.8) is 0 Å². The van der Waals surface area contributed by atoms with Crippen molar-refractivity contribution in [3.8, 4) is 0 Å². The summed E-state index contributed by atoms with van der Waals surface area (Å²) in [4.78, 5) is 39.2. The smallest absolute Gasteiger partial charge is 0.411 e. The summed E-state index contributed by atoms with van der Waals surface area (Å²) in [6, 6.07) is 15.3. The van der Waals surface area contributed by atoms with E-state index >= 15 is 0 Å². The van der Waals surface area contributed by atoms with Crippen LogP contribution in [0.5, 0.6) is 0 Å². The van der Waals surface area contributed by atoms with Gasteiger partial charge >= 0.3 is 6.09 Å². The first-order chi connectivity index (χ1) is 14.8. The summed E-state index contributed by atoms with van der Waals surface area (Å²) in [6.07, 6.45) is -0.0295. The summed E-state index contributed by atoms with van der Waals surface area (Å²) in [5.41, 5.74) is 8.95. The number of hydrogen-bond acceptors (Lipinski definition) is 4. The third-order valence-electron chi connectivity index (χ3n) is 5.20. The highest BCUT2D eigenvalue weighted by atomic mass is 16.6. The predicted octanol–water partition coefficient (Wildman–Crippen LogP) is 2.69. The molecule has 3 amide bonds. The number of fused-ring (bicyclic) bond motifs is 1. The van der Waals surface area contributed by atoms with Crippen LogP contribution in [-0.4, -0.2) is 34.9 Å². The molecule has 0 fully saturated rings. The second-order valence-electron chi connectivity index (χ2n) is 7.78. The number of amides is 3. The van der Waals surface area contributed by atoms with E-state index in [1.807, 2.05) is 54.6 Å². The van der Waals surface area contributed by atoms with Crippen molar-refractivity contribution >= 4 is 17.9 Å². The average molecular weight is 421 g/mol. The van der Waals surface area contributed by atoms with Crippen LogP contribution >= 0.6 is 0 Å². The molecular weight excluding hydrogens is 394 g/mol. The van der Waals surface area contributed by atoms with E-state index < -0.39 is 30.0 Å². The number of rotatable bonds is 7. The topological polar surface area (TPSA) is 102 Å². The molecule has 2 aromatic carbocycles. The molecule has 0 unspecified atom stereocenters. The van der Waals surface area contributed by atoms with E-state index in [4.69, 9.17) is 10.5 Å². The van der Waals surface area contributed by atoms with Gasteiger partial charge < -0.3 is 15.8 Å². The summed E-state index contributed by atoms with van der Waals surface area (Å²) in [5.74, 6) is -1.10. The molecule has 0 aromatic heterocycles. The minimum Gasteiger partial charge on any atom is -0.445 e. The SMILES string of the molecule is C=C(C)C[C@@H](NC(=O)[C@@H]1Cc2ccccc2CN1C(=O)OCc1ccccc1)C(N)=O. The highest BCUT2D eigenvalue weighted by molar-refractivity contribution is 5.91. The minimum absolute atomic E-state index is 0.103. The molecule has 0 saturated carbocycles. The van der Waals surface area contributed by atoms with Gasteiger partial charge in [-0.25, -0.2) is 4.79 Å². The number of nitrogens with two attached hydrogens (primary N) is 1. The van der Waals surface area contributed by atoms with Gasteiger partial charge in [0.05, 0.1) is 6.54 Å². The van der Waals surface area contributed by atoms with E-state index in [0.717, 1.165) is 22.3 Å². The highest BCUT2D eigenvalue weighted by Gasteiger charge is 2.36. The van der Waals surface area contributed by atoms with E-state index in [9.17, 15) is 14.4 Å². The van der Waals surface area contributed by atoms with E-state index in [2.05, 4.69) is 11.9 Å². The van der Waals surface area contributed by atoms with Crippen molar-refractivity contribution in [2.24, 2.45) is 5.73 Å². The van der Waals surface area contributed by atoms with Gasteiger partial charge in [0.2, 0.25) is 11.8 Å². The zero-order valence-corrected chi connectivity index (χ0v) is 17.5. The van der Waals surface area contributed by atoms with Crippen molar-refractivity contribution in [1.82, 2.24) is 10.2 Å². The van der Waals surface area contributed by atoms with Gasteiger partial charge in [0.15, 0.2) is 0 Å². The molecule has 1 aliphatic rings. The maximum Gasteiger partial charge on any atom is 0.411 e. The summed E-state index contributed by atoms with van der Waals surface area (Å²) in [5, 5.41) is 2.68. The molecule has 3 N–H and O–H groups in total. The fraction of sp³-hybridized carbons (Fsp3) is 0.292. The quantitative estimate of drug-likeness (QED) is 0.671. The number of nitrogens with one attached hydrogen (secondary N) is 1. The molecule has 162 valence electrons. The first-order valence-electron chi connectivity index (χ1n) is 10.1.